The van der Waals surface area contributed by atoms with Crippen molar-refractivity contribution in [1.29, 1.82) is 0 Å². The Morgan fingerprint density at radius 1 is 0.286 bits per heavy atom. The molecule has 0 spiro atoms. The average Bonchev–Trinajstić information content (AvgIpc) is 1.62. The van der Waals surface area contributed by atoms with Crippen molar-refractivity contribution in [3.63, 3.8) is 0 Å². The summed E-state index contributed by atoms with van der Waals surface area (Å²) in [6, 6.07) is 60.4. The minimum atomic E-state index is -4.61. The normalized spacial score (nSPS) is 11.1. The molecule has 0 unspecified atom stereocenters. The first-order valence-corrected chi connectivity index (χ1v) is 44.8. The van der Waals surface area contributed by atoms with Crippen LogP contribution >= 0.6 is 11.3 Å². The Labute approximate surface area is 801 Å². The number of aromatic nitrogens is 28. The van der Waals surface area contributed by atoms with E-state index in [-0.39, 0.29) is 17.2 Å². The van der Waals surface area contributed by atoms with Gasteiger partial charge in [-0.25, -0.2) is 48.1 Å². The molecule has 0 atom stereocenters. The van der Waals surface area contributed by atoms with Gasteiger partial charge < -0.3 is 37.2 Å². The molecule has 15 aromatic heterocycles. The van der Waals surface area contributed by atoms with Crippen molar-refractivity contribution in [2.75, 3.05) is 37.2 Å². The summed E-state index contributed by atoms with van der Waals surface area (Å²) in [5, 5.41) is 55.1. The third kappa shape index (κ3) is 23.7. The maximum absolute atomic E-state index is 13.5. The number of nitrogens with zero attached hydrogens (tertiary/aromatic N) is 28. The first kappa shape index (κ1) is 95.7. The SMILES string of the molecule is CCc1nc2nc(C)cc(Nc3ccc(C)cc3)n2n1.Cc1cc(C)cc(Nc2cc(C)nc3nc(C)nn23)c1.Cc1cc(Nc2cc(F)c(C)c(F)c2)n2ncnc2n1.Cc1cc(Nc2ccc(F)cc2)n2nc(C)nc2n1.Cc1cc(Nc2ccc3sccc3c2)n2ncnc2n1.Cc1ccc(Nc2cc(C)nc3nc(C(F)(F)F)nn23)cc1.Cc1ccc(Nc2cc(C)nc3nc(C)nn23)cc1. The van der Waals surface area contributed by atoms with Gasteiger partial charge in [0, 0.05) is 139 Å². The first-order valence-electron chi connectivity index (χ1n) is 44.0. The second-order valence-corrected chi connectivity index (χ2v) is 33.8. The van der Waals surface area contributed by atoms with Crippen molar-refractivity contribution in [2.45, 2.75) is 130 Å². The molecule has 0 saturated heterocycles. The largest absolute Gasteiger partial charge is 0.453 e. The molecule has 15 heterocycles. The van der Waals surface area contributed by atoms with Gasteiger partial charge in [0.25, 0.3) is 46.3 Å². The van der Waals surface area contributed by atoms with Crippen LogP contribution in [0.25, 0.3) is 50.5 Å². The van der Waals surface area contributed by atoms with E-state index in [4.69, 9.17) is 0 Å². The fraction of sp³-hybridized carbons (Fsp3) is 0.194. The van der Waals surface area contributed by atoms with Crippen LogP contribution in [0.4, 0.5) is 107 Å². The summed E-state index contributed by atoms with van der Waals surface area (Å²) in [6.45, 7) is 32.4. The van der Waals surface area contributed by atoms with Crippen molar-refractivity contribution in [2.24, 2.45) is 0 Å². The summed E-state index contributed by atoms with van der Waals surface area (Å²) in [5.41, 5.74) is 17.7. The molecule has 710 valence electrons. The van der Waals surface area contributed by atoms with Gasteiger partial charge in [-0.1, -0.05) is 66.1 Å². The number of anilines is 14. The highest BCUT2D eigenvalue weighted by Gasteiger charge is 2.37. The topological polar surface area (TPSA) is 386 Å². The number of halogens is 6. The van der Waals surface area contributed by atoms with Gasteiger partial charge in [-0.05, 0) is 242 Å². The molecule has 7 N–H and O–H groups in total. The lowest BCUT2D eigenvalue weighted by molar-refractivity contribution is -0.144. The zero-order valence-corrected chi connectivity index (χ0v) is 79.9. The summed E-state index contributed by atoms with van der Waals surface area (Å²) >= 11 is 1.74. The highest BCUT2D eigenvalue weighted by Crippen LogP contribution is 2.32. The van der Waals surface area contributed by atoms with Gasteiger partial charge in [0.15, 0.2) is 5.82 Å². The predicted molar refractivity (Wildman–Crippen MR) is 529 cm³/mol. The van der Waals surface area contributed by atoms with Crippen molar-refractivity contribution >= 4 is 142 Å². The molecule has 0 radical (unpaired) electrons. The summed E-state index contributed by atoms with van der Waals surface area (Å²) < 4.78 is 90.6. The highest BCUT2D eigenvalue weighted by molar-refractivity contribution is 7.17. The van der Waals surface area contributed by atoms with Gasteiger partial charge in [0.1, 0.15) is 88.3 Å². The summed E-state index contributed by atoms with van der Waals surface area (Å²) in [7, 11) is 0. The zero-order valence-electron chi connectivity index (χ0n) is 79.1. The number of hydrogen-bond donors (Lipinski definition) is 7. The molecule has 42 heteroatoms. The van der Waals surface area contributed by atoms with E-state index >= 15 is 0 Å². The van der Waals surface area contributed by atoms with E-state index in [1.807, 2.05) is 136 Å². The number of aryl methyl sites for hydroxylation is 16. The molecule has 0 saturated carbocycles. The highest BCUT2D eigenvalue weighted by atomic mass is 32.1. The lowest BCUT2D eigenvalue weighted by Gasteiger charge is -2.10. The number of alkyl halides is 3. The van der Waals surface area contributed by atoms with E-state index in [9.17, 15) is 26.3 Å². The van der Waals surface area contributed by atoms with E-state index in [2.05, 4.69) is 255 Å². The van der Waals surface area contributed by atoms with Gasteiger partial charge in [0.2, 0.25) is 0 Å². The summed E-state index contributed by atoms with van der Waals surface area (Å²) in [4.78, 5) is 58.7. The minimum Gasteiger partial charge on any atom is -0.340 e. The minimum absolute atomic E-state index is 0.00707. The van der Waals surface area contributed by atoms with Gasteiger partial charge in [-0.3, -0.25) is 0 Å². The van der Waals surface area contributed by atoms with Crippen LogP contribution in [-0.4, -0.2) is 137 Å². The van der Waals surface area contributed by atoms with Crippen LogP contribution in [-0.2, 0) is 12.6 Å². The van der Waals surface area contributed by atoms with E-state index in [0.29, 0.717) is 75.2 Å². The van der Waals surface area contributed by atoms with Crippen molar-refractivity contribution < 1.29 is 26.3 Å². The second-order valence-electron chi connectivity index (χ2n) is 32.9. The van der Waals surface area contributed by atoms with Crippen LogP contribution in [0.15, 0.2) is 212 Å². The molecular formula is C98H95F6N35S. The zero-order chi connectivity index (χ0) is 98.9. The maximum atomic E-state index is 13.5. The second kappa shape index (κ2) is 41.4. The Bertz CT molecular complexity index is 8030. The van der Waals surface area contributed by atoms with Crippen LogP contribution in [0.2, 0.25) is 0 Å². The van der Waals surface area contributed by atoms with Gasteiger partial charge >= 0.3 is 6.18 Å². The number of benzene rings is 7. The molecule has 22 rings (SSSR count). The van der Waals surface area contributed by atoms with Gasteiger partial charge in [-0.2, -0.15) is 89.9 Å². The van der Waals surface area contributed by atoms with Crippen LogP contribution in [0, 0.1) is 128 Å². The van der Waals surface area contributed by atoms with Crippen LogP contribution in [0.5, 0.6) is 0 Å². The Morgan fingerprint density at radius 3 is 0.979 bits per heavy atom. The van der Waals surface area contributed by atoms with E-state index < -0.39 is 23.6 Å². The molecule has 0 aliphatic rings. The van der Waals surface area contributed by atoms with E-state index in [1.165, 1.54) is 80.7 Å². The number of fused-ring (bicyclic) bond motifs is 8. The number of nitrogens with one attached hydrogen (secondary N) is 7. The van der Waals surface area contributed by atoms with Gasteiger partial charge in [0.05, 0.1) is 0 Å². The average molecular weight is 1910 g/mol. The lowest BCUT2D eigenvalue weighted by atomic mass is 10.1. The Balaban J connectivity index is 0.000000118. The summed E-state index contributed by atoms with van der Waals surface area (Å²) in [6.07, 6.45) is -0.937. The Morgan fingerprint density at radius 2 is 0.600 bits per heavy atom. The van der Waals surface area contributed by atoms with Gasteiger partial charge in [-0.15, -0.1) is 36.8 Å². The molecule has 0 bridgehead atoms. The van der Waals surface area contributed by atoms with Crippen LogP contribution in [0.1, 0.15) is 109 Å². The smallest absolute Gasteiger partial charge is 0.340 e. The molecule has 0 amide bonds. The summed E-state index contributed by atoms with van der Waals surface area (Å²) in [5.74, 6) is 8.67. The molecule has 0 fully saturated rings. The molecule has 0 aliphatic heterocycles. The van der Waals surface area contributed by atoms with Crippen molar-refractivity contribution in [1.82, 2.24) is 137 Å². The molecule has 140 heavy (non-hydrogen) atoms. The molecule has 7 aromatic carbocycles. The Kier molecular flexibility index (Phi) is 28.3. The number of rotatable bonds is 15. The molecule has 0 aliphatic carbocycles. The predicted octanol–water partition coefficient (Wildman–Crippen LogP) is 21.2. The van der Waals surface area contributed by atoms with E-state index in [1.54, 1.807) is 72.0 Å². The van der Waals surface area contributed by atoms with Crippen molar-refractivity contribution in [3.05, 3.63) is 332 Å². The monoisotopic (exact) mass is 1910 g/mol. The third-order valence-electron chi connectivity index (χ3n) is 20.8. The lowest BCUT2D eigenvalue weighted by Crippen LogP contribution is -2.08. The molecule has 35 nitrogen and oxygen atoms in total. The fourth-order valence-electron chi connectivity index (χ4n) is 14.3. The van der Waals surface area contributed by atoms with Crippen LogP contribution in [0.3, 0.4) is 0 Å². The molecule has 22 aromatic rings. The number of thiophene rings is 1. The quantitative estimate of drug-likeness (QED) is 0.0469. The van der Waals surface area contributed by atoms with Crippen LogP contribution < -0.4 is 37.2 Å². The third-order valence-corrected chi connectivity index (χ3v) is 21.7. The Hall–Kier alpha value is -17.5. The maximum Gasteiger partial charge on any atom is 0.453 e. The first-order chi connectivity index (χ1) is 67.0. The van der Waals surface area contributed by atoms with E-state index in [0.717, 1.165) is 120 Å². The number of hydrogen-bond acceptors (Lipinski definition) is 29. The standard InChI is InChI=1S/2C15H17N5.C14H12F3N5.C14H11N5S.C14H15N5.C13H11F2N5.C13H12FN5/c1-9-5-10(2)7-13(6-9)18-14-8-11(3)16-15-17-12(4)19-20(14)15;1-4-13-18-15-16-11(3)9-14(20(15)19-13)17-12-7-5-10(2)6-8-12;1-8-3-5-10(6-4-8)19-11-7-9(2)18-13-20-12(14(15,16)17)21-22(11)13;1-9-6-13(19-14(17-9)15-8-16-19)18-11-2-3-12-10(7-11)4-5-20-12;1-9-4-6-12(7-5-9)17-13-8-10(2)15-14-16-11(3)18-19(13)14;1-7-3-12(20-13(18-7)16-6-17-20)19-9-4-10(14)8(2)11(15)5-9;1-8-7-12(17-11-5-3-10(14)4-6-11)19-13(15-8)16-9(2)18-19/h5-8,18H,1-4H3;5-9,17H,4H2,1-3H3;3-7,19H,1-2H3;2-8,18H,1H3;4-8,17H,1-3H3;3-6,19H,1-2H3;3-7,17H,1-2H3. The fourth-order valence-corrected chi connectivity index (χ4v) is 15.1. The van der Waals surface area contributed by atoms with Crippen molar-refractivity contribution in [3.8, 4) is 0 Å². The molecular weight excluding hydrogens is 1810 g/mol.